The van der Waals surface area contributed by atoms with E-state index in [0.29, 0.717) is 29.7 Å². The molecule has 28 heavy (non-hydrogen) atoms. The van der Waals surface area contributed by atoms with Crippen molar-refractivity contribution in [2.45, 2.75) is 72.0 Å². The lowest BCUT2D eigenvalue weighted by Crippen LogP contribution is -2.51. The van der Waals surface area contributed by atoms with Crippen LogP contribution in [0.4, 0.5) is 0 Å². The lowest BCUT2D eigenvalue weighted by Gasteiger charge is -2.55. The lowest BCUT2D eigenvalue weighted by molar-refractivity contribution is -0.210. The molecule has 0 amide bonds. The topological polar surface area (TPSA) is 52.6 Å². The molecule has 5 rings (SSSR count). The molecule has 4 saturated carbocycles. The summed E-state index contributed by atoms with van der Waals surface area (Å²) < 4.78 is 11.7. The molecular formula is C24H32O4. The monoisotopic (exact) mass is 384 g/mol. The van der Waals surface area contributed by atoms with Crippen LogP contribution >= 0.6 is 0 Å². The summed E-state index contributed by atoms with van der Waals surface area (Å²) in [5.74, 6) is 1.49. The van der Waals surface area contributed by atoms with Crippen LogP contribution in [0.2, 0.25) is 0 Å². The van der Waals surface area contributed by atoms with Crippen molar-refractivity contribution < 1.29 is 19.1 Å². The van der Waals surface area contributed by atoms with Crippen molar-refractivity contribution in [1.82, 2.24) is 0 Å². The van der Waals surface area contributed by atoms with Gasteiger partial charge >= 0.3 is 11.9 Å². The number of esters is 2. The van der Waals surface area contributed by atoms with Crippen LogP contribution in [0.1, 0.15) is 77.6 Å². The predicted octanol–water partition coefficient (Wildman–Crippen LogP) is 5.42. The number of benzene rings is 1. The molecule has 4 fully saturated rings. The van der Waals surface area contributed by atoms with Crippen LogP contribution in [0.5, 0.6) is 0 Å². The van der Waals surface area contributed by atoms with E-state index in [2.05, 4.69) is 0 Å². The number of carbonyl (C=O) groups is 2. The fourth-order valence-electron chi connectivity index (χ4n) is 5.75. The number of rotatable bonds is 6. The zero-order valence-electron chi connectivity index (χ0n) is 17.3. The number of ether oxygens (including phenoxy) is 2. The summed E-state index contributed by atoms with van der Waals surface area (Å²) in [5.41, 5.74) is -0.268. The summed E-state index contributed by atoms with van der Waals surface area (Å²) >= 11 is 0. The van der Waals surface area contributed by atoms with E-state index in [4.69, 9.17) is 9.47 Å². The van der Waals surface area contributed by atoms with E-state index in [1.807, 2.05) is 51.1 Å². The van der Waals surface area contributed by atoms with Crippen LogP contribution in [0.25, 0.3) is 0 Å². The largest absolute Gasteiger partial charge is 0.420 e. The Kier molecular flexibility index (Phi) is 5.01. The van der Waals surface area contributed by atoms with Crippen LogP contribution in [-0.2, 0) is 19.1 Å². The molecule has 0 aliphatic heterocycles. The third-order valence-electron chi connectivity index (χ3n) is 7.41. The molecule has 0 heterocycles. The Labute approximate surface area is 168 Å². The Morgan fingerprint density at radius 1 is 1.00 bits per heavy atom. The van der Waals surface area contributed by atoms with Crippen molar-refractivity contribution in [3.8, 4) is 0 Å². The van der Waals surface area contributed by atoms with Gasteiger partial charge in [0.1, 0.15) is 0 Å². The van der Waals surface area contributed by atoms with Crippen molar-refractivity contribution in [1.29, 1.82) is 0 Å². The molecule has 152 valence electrons. The minimum absolute atomic E-state index is 0.164. The summed E-state index contributed by atoms with van der Waals surface area (Å²) in [6.45, 7) is 5.68. The van der Waals surface area contributed by atoms with Crippen molar-refractivity contribution in [3.05, 3.63) is 35.9 Å². The van der Waals surface area contributed by atoms with Crippen molar-refractivity contribution >= 4 is 11.9 Å². The predicted molar refractivity (Wildman–Crippen MR) is 106 cm³/mol. The second kappa shape index (κ2) is 7.20. The maximum absolute atomic E-state index is 13.4. The molecule has 1 aromatic rings. The Morgan fingerprint density at radius 2 is 1.54 bits per heavy atom. The van der Waals surface area contributed by atoms with Gasteiger partial charge < -0.3 is 9.47 Å². The van der Waals surface area contributed by atoms with Gasteiger partial charge in [-0.2, -0.15) is 0 Å². The summed E-state index contributed by atoms with van der Waals surface area (Å²) in [7, 11) is 0. The second-order valence-electron chi connectivity index (χ2n) is 9.99. The van der Waals surface area contributed by atoms with Gasteiger partial charge in [-0.1, -0.05) is 37.3 Å². The Balaban J connectivity index is 1.54. The van der Waals surface area contributed by atoms with Gasteiger partial charge in [-0.25, -0.2) is 0 Å². The summed E-state index contributed by atoms with van der Waals surface area (Å²) in [6.07, 6.45) is 6.32. The van der Waals surface area contributed by atoms with E-state index < -0.39 is 11.7 Å². The van der Waals surface area contributed by atoms with E-state index >= 15 is 0 Å². The first kappa shape index (κ1) is 19.5. The molecule has 4 bridgehead atoms. The van der Waals surface area contributed by atoms with Crippen LogP contribution in [0.3, 0.4) is 0 Å². The van der Waals surface area contributed by atoms with Crippen LogP contribution in [0, 0.1) is 28.6 Å². The molecule has 0 spiro atoms. The smallest absolute Gasteiger partial charge is 0.315 e. The first-order valence-electron chi connectivity index (χ1n) is 10.8. The Morgan fingerprint density at radius 3 is 2.04 bits per heavy atom. The molecule has 1 unspecified atom stereocenters. The third kappa shape index (κ3) is 3.58. The quantitative estimate of drug-likeness (QED) is 0.485. The molecule has 4 aliphatic carbocycles. The Bertz CT molecular complexity index is 701. The maximum atomic E-state index is 13.4. The van der Waals surface area contributed by atoms with Gasteiger partial charge in [-0.15, -0.1) is 0 Å². The van der Waals surface area contributed by atoms with Crippen molar-refractivity contribution in [2.75, 3.05) is 0 Å². The fraction of sp³-hybridized carbons (Fsp3) is 0.667. The summed E-state index contributed by atoms with van der Waals surface area (Å²) in [6, 6.07) is 9.35. The second-order valence-corrected chi connectivity index (χ2v) is 9.99. The van der Waals surface area contributed by atoms with Crippen LogP contribution in [0.15, 0.2) is 30.3 Å². The van der Waals surface area contributed by atoms with Gasteiger partial charge in [0.05, 0.1) is 10.8 Å². The first-order chi connectivity index (χ1) is 13.3. The molecule has 0 aromatic heterocycles. The molecule has 0 N–H and O–H groups in total. The van der Waals surface area contributed by atoms with Gasteiger partial charge in [0, 0.05) is 5.56 Å². The number of hydrogen-bond donors (Lipinski definition) is 0. The van der Waals surface area contributed by atoms with E-state index in [9.17, 15) is 9.59 Å². The standard InChI is InChI=1S/C24H32O4/c1-4-23(2,3)21(25)27-20(19-8-6-5-7-9-19)28-22(26)24-13-16-10-17(14-24)12-18(11-16)15-24/h5-9,16-18,20H,4,10-15H2,1-3H3. The molecule has 4 aliphatic rings. The average Bonchev–Trinajstić information content (AvgIpc) is 2.67. The molecular weight excluding hydrogens is 352 g/mol. The SMILES string of the molecule is CCC(C)(C)C(=O)OC(OC(=O)C12CC3CC(CC(C3)C1)C2)c1ccccc1. The normalized spacial score (nSPS) is 32.0. The minimum atomic E-state index is -0.972. The molecule has 4 nitrogen and oxygen atoms in total. The molecule has 0 saturated heterocycles. The minimum Gasteiger partial charge on any atom is -0.420 e. The average molecular weight is 385 g/mol. The molecule has 0 radical (unpaired) electrons. The maximum Gasteiger partial charge on any atom is 0.315 e. The highest BCUT2D eigenvalue weighted by Crippen LogP contribution is 2.60. The van der Waals surface area contributed by atoms with Crippen LogP contribution in [-0.4, -0.2) is 11.9 Å². The lowest BCUT2D eigenvalue weighted by atomic mass is 9.49. The first-order valence-corrected chi connectivity index (χ1v) is 10.8. The zero-order valence-corrected chi connectivity index (χ0v) is 17.3. The molecule has 1 atom stereocenters. The van der Waals surface area contributed by atoms with E-state index in [-0.39, 0.29) is 17.4 Å². The molecule has 1 aromatic carbocycles. The van der Waals surface area contributed by atoms with Gasteiger partial charge in [-0.05, 0) is 76.5 Å². The highest BCUT2D eigenvalue weighted by molar-refractivity contribution is 5.79. The summed E-state index contributed by atoms with van der Waals surface area (Å²) in [5, 5.41) is 0. The van der Waals surface area contributed by atoms with Crippen LogP contribution < -0.4 is 0 Å². The number of carbonyl (C=O) groups excluding carboxylic acids is 2. The van der Waals surface area contributed by atoms with Gasteiger partial charge in [0.25, 0.3) is 6.29 Å². The van der Waals surface area contributed by atoms with Crippen molar-refractivity contribution in [2.24, 2.45) is 28.6 Å². The van der Waals surface area contributed by atoms with Crippen molar-refractivity contribution in [3.63, 3.8) is 0 Å². The molecule has 4 heteroatoms. The Hall–Kier alpha value is -1.84. The third-order valence-corrected chi connectivity index (χ3v) is 7.41. The van der Waals surface area contributed by atoms with E-state index in [1.54, 1.807) is 0 Å². The zero-order chi connectivity index (χ0) is 19.9. The highest BCUT2D eigenvalue weighted by Gasteiger charge is 2.56. The summed E-state index contributed by atoms with van der Waals surface area (Å²) in [4.78, 5) is 26.1. The van der Waals surface area contributed by atoms with E-state index in [0.717, 1.165) is 19.3 Å². The van der Waals surface area contributed by atoms with Gasteiger partial charge in [-0.3, -0.25) is 9.59 Å². The number of hydrogen-bond acceptors (Lipinski definition) is 4. The highest BCUT2D eigenvalue weighted by atomic mass is 16.7. The fourth-order valence-corrected chi connectivity index (χ4v) is 5.75. The van der Waals surface area contributed by atoms with E-state index in [1.165, 1.54) is 19.3 Å². The van der Waals surface area contributed by atoms with Gasteiger partial charge in [0.15, 0.2) is 0 Å². The van der Waals surface area contributed by atoms with Gasteiger partial charge in [0.2, 0.25) is 0 Å².